The quantitative estimate of drug-likeness (QED) is 0.679. The molecule has 2 aromatic rings. The highest BCUT2D eigenvalue weighted by Gasteiger charge is 2.27. The second kappa shape index (κ2) is 7.73. The Morgan fingerprint density at radius 3 is 2.72 bits per heavy atom. The summed E-state index contributed by atoms with van der Waals surface area (Å²) in [7, 11) is 0. The van der Waals surface area contributed by atoms with Gasteiger partial charge in [-0.15, -0.1) is 0 Å². The maximum absolute atomic E-state index is 13.7. The van der Waals surface area contributed by atoms with Crippen LogP contribution in [-0.4, -0.2) is 40.1 Å². The van der Waals surface area contributed by atoms with E-state index in [0.717, 1.165) is 6.20 Å². The predicted molar refractivity (Wildman–Crippen MR) is 81.8 cm³/mol. The van der Waals surface area contributed by atoms with Crippen molar-refractivity contribution in [3.05, 3.63) is 30.3 Å². The highest BCUT2D eigenvalue weighted by atomic mass is 19.4. The molecule has 11 heteroatoms. The van der Waals surface area contributed by atoms with Gasteiger partial charge in [0.05, 0.1) is 11.8 Å². The van der Waals surface area contributed by atoms with Crippen molar-refractivity contribution < 1.29 is 22.4 Å². The monoisotopic (exact) mass is 358 g/mol. The Labute approximate surface area is 139 Å². The van der Waals surface area contributed by atoms with Crippen LogP contribution in [0.25, 0.3) is 11.4 Å². The number of nitrogens with one attached hydrogen (secondary N) is 2. The van der Waals surface area contributed by atoms with E-state index in [0.29, 0.717) is 5.56 Å². The Balaban J connectivity index is 1.97. The molecular formula is C14H14F4N6O. The maximum Gasteiger partial charge on any atom is 0.405 e. The first-order valence-corrected chi connectivity index (χ1v) is 7.07. The van der Waals surface area contributed by atoms with E-state index in [-0.39, 0.29) is 30.4 Å². The summed E-state index contributed by atoms with van der Waals surface area (Å²) >= 11 is 0. The Hall–Kier alpha value is -2.98. The number of nitrogens with zero attached hydrogens (tertiary/aromatic N) is 3. The molecule has 0 saturated heterocycles. The fourth-order valence-electron chi connectivity index (χ4n) is 1.81. The van der Waals surface area contributed by atoms with Crippen LogP contribution in [0.2, 0.25) is 0 Å². The van der Waals surface area contributed by atoms with E-state index in [1.807, 2.05) is 0 Å². The smallest absolute Gasteiger partial charge is 0.383 e. The van der Waals surface area contributed by atoms with Crippen molar-refractivity contribution in [2.75, 3.05) is 24.1 Å². The number of alkyl halides is 3. The lowest BCUT2D eigenvalue weighted by molar-refractivity contribution is -0.138. The van der Waals surface area contributed by atoms with Gasteiger partial charge in [0.2, 0.25) is 5.91 Å². The summed E-state index contributed by atoms with van der Waals surface area (Å²) in [6, 6.07) is 3.21. The fraction of sp³-hybridized carbons (Fsp3) is 0.286. The number of halogens is 4. The van der Waals surface area contributed by atoms with Crippen LogP contribution in [0.3, 0.4) is 0 Å². The van der Waals surface area contributed by atoms with Crippen LogP contribution in [0.5, 0.6) is 0 Å². The second-order valence-electron chi connectivity index (χ2n) is 4.90. The topological polar surface area (TPSA) is 106 Å². The molecule has 0 spiro atoms. The van der Waals surface area contributed by atoms with E-state index in [4.69, 9.17) is 5.73 Å². The van der Waals surface area contributed by atoms with Gasteiger partial charge in [0.1, 0.15) is 12.4 Å². The van der Waals surface area contributed by atoms with Crippen molar-refractivity contribution in [3.63, 3.8) is 0 Å². The molecule has 0 atom stereocenters. The minimum absolute atomic E-state index is 0.112. The number of aromatic nitrogens is 3. The molecule has 2 heterocycles. The van der Waals surface area contributed by atoms with Crippen LogP contribution in [0.1, 0.15) is 6.42 Å². The number of rotatable bonds is 6. The number of carbonyl (C=O) groups is 1. The molecule has 0 unspecified atom stereocenters. The summed E-state index contributed by atoms with van der Waals surface area (Å²) in [4.78, 5) is 22.9. The number of pyridine rings is 1. The number of carbonyl (C=O) groups excluding carboxylic acids is 1. The lowest BCUT2D eigenvalue weighted by atomic mass is 10.2. The van der Waals surface area contributed by atoms with Gasteiger partial charge in [0, 0.05) is 19.2 Å². The zero-order chi connectivity index (χ0) is 18.4. The van der Waals surface area contributed by atoms with Gasteiger partial charge >= 0.3 is 6.18 Å². The summed E-state index contributed by atoms with van der Waals surface area (Å²) in [6.45, 7) is -1.53. The maximum atomic E-state index is 13.7. The van der Waals surface area contributed by atoms with E-state index in [2.05, 4.69) is 20.3 Å². The molecule has 25 heavy (non-hydrogen) atoms. The SMILES string of the molecule is Nc1ncccc1-c1ncc(F)c(NCCC(=O)NCC(F)(F)F)n1. The molecule has 0 saturated carbocycles. The van der Waals surface area contributed by atoms with Crippen LogP contribution >= 0.6 is 0 Å². The zero-order valence-corrected chi connectivity index (χ0v) is 12.8. The zero-order valence-electron chi connectivity index (χ0n) is 12.8. The molecule has 0 aromatic carbocycles. The molecular weight excluding hydrogens is 344 g/mol. The third-order valence-electron chi connectivity index (χ3n) is 2.95. The van der Waals surface area contributed by atoms with Gasteiger partial charge in [-0.3, -0.25) is 4.79 Å². The Kier molecular flexibility index (Phi) is 5.67. The number of anilines is 2. The van der Waals surface area contributed by atoms with Crippen LogP contribution in [0, 0.1) is 5.82 Å². The summed E-state index contributed by atoms with van der Waals surface area (Å²) < 4.78 is 49.7. The fourth-order valence-corrected chi connectivity index (χ4v) is 1.81. The molecule has 0 aliphatic rings. The van der Waals surface area contributed by atoms with Crippen molar-refractivity contribution >= 4 is 17.5 Å². The van der Waals surface area contributed by atoms with E-state index >= 15 is 0 Å². The molecule has 0 fully saturated rings. The number of amides is 1. The van der Waals surface area contributed by atoms with Crippen molar-refractivity contribution in [2.24, 2.45) is 0 Å². The van der Waals surface area contributed by atoms with Crippen LogP contribution in [0.15, 0.2) is 24.5 Å². The Bertz CT molecular complexity index is 752. The van der Waals surface area contributed by atoms with Crippen molar-refractivity contribution in [3.8, 4) is 11.4 Å². The van der Waals surface area contributed by atoms with Gasteiger partial charge < -0.3 is 16.4 Å². The van der Waals surface area contributed by atoms with E-state index in [9.17, 15) is 22.4 Å². The molecule has 4 N–H and O–H groups in total. The van der Waals surface area contributed by atoms with Crippen LogP contribution in [0.4, 0.5) is 29.2 Å². The van der Waals surface area contributed by atoms with Gasteiger partial charge in [-0.05, 0) is 12.1 Å². The first-order valence-electron chi connectivity index (χ1n) is 7.07. The summed E-state index contributed by atoms with van der Waals surface area (Å²) in [5, 5.41) is 4.25. The molecule has 134 valence electrons. The lowest BCUT2D eigenvalue weighted by Crippen LogP contribution is -2.34. The van der Waals surface area contributed by atoms with Gasteiger partial charge in [-0.1, -0.05) is 0 Å². The van der Waals surface area contributed by atoms with Gasteiger partial charge in [-0.25, -0.2) is 19.3 Å². The minimum Gasteiger partial charge on any atom is -0.383 e. The normalized spacial score (nSPS) is 11.2. The first kappa shape index (κ1) is 18.4. The van der Waals surface area contributed by atoms with E-state index < -0.39 is 24.4 Å². The summed E-state index contributed by atoms with van der Waals surface area (Å²) in [5.74, 6) is -1.52. The van der Waals surface area contributed by atoms with E-state index in [1.165, 1.54) is 6.20 Å². The Morgan fingerprint density at radius 2 is 2.04 bits per heavy atom. The largest absolute Gasteiger partial charge is 0.405 e. The molecule has 0 aliphatic carbocycles. The molecule has 2 rings (SSSR count). The number of nitrogen functional groups attached to an aromatic ring is 1. The Morgan fingerprint density at radius 1 is 1.28 bits per heavy atom. The predicted octanol–water partition coefficient (Wildman–Crippen LogP) is 1.74. The second-order valence-corrected chi connectivity index (χ2v) is 4.90. The summed E-state index contributed by atoms with van der Waals surface area (Å²) in [6.07, 6.45) is -2.38. The third-order valence-corrected chi connectivity index (χ3v) is 2.95. The average molecular weight is 358 g/mol. The van der Waals surface area contributed by atoms with Gasteiger partial charge in [0.25, 0.3) is 0 Å². The summed E-state index contributed by atoms with van der Waals surface area (Å²) in [5.41, 5.74) is 6.10. The molecule has 7 nitrogen and oxygen atoms in total. The number of hydrogen-bond donors (Lipinski definition) is 3. The molecule has 0 bridgehead atoms. The third kappa shape index (κ3) is 5.55. The van der Waals surface area contributed by atoms with Crippen molar-refractivity contribution in [1.29, 1.82) is 0 Å². The van der Waals surface area contributed by atoms with Crippen molar-refractivity contribution in [1.82, 2.24) is 20.3 Å². The van der Waals surface area contributed by atoms with Crippen LogP contribution < -0.4 is 16.4 Å². The van der Waals surface area contributed by atoms with Crippen molar-refractivity contribution in [2.45, 2.75) is 12.6 Å². The first-order chi connectivity index (χ1) is 11.8. The molecule has 0 radical (unpaired) electrons. The van der Waals surface area contributed by atoms with Gasteiger partial charge in [0.15, 0.2) is 17.5 Å². The highest BCUT2D eigenvalue weighted by molar-refractivity contribution is 5.76. The molecule has 2 aromatic heterocycles. The minimum atomic E-state index is -4.49. The average Bonchev–Trinajstić information content (AvgIpc) is 2.55. The van der Waals surface area contributed by atoms with E-state index in [1.54, 1.807) is 17.4 Å². The highest BCUT2D eigenvalue weighted by Crippen LogP contribution is 2.22. The molecule has 1 amide bonds. The molecule has 0 aliphatic heterocycles. The number of hydrogen-bond acceptors (Lipinski definition) is 6. The standard InChI is InChI=1S/C14H14F4N6O/c15-9-6-22-12(8-2-1-4-20-11(8)19)24-13(9)21-5-3-10(25)23-7-14(16,17)18/h1-2,4,6H,3,5,7H2,(H2,19,20)(H,23,25)(H,21,22,24). The lowest BCUT2D eigenvalue weighted by Gasteiger charge is -2.10. The number of nitrogens with two attached hydrogens (primary N) is 1. The van der Waals surface area contributed by atoms with Gasteiger partial charge in [-0.2, -0.15) is 13.2 Å². The van der Waals surface area contributed by atoms with Crippen LogP contribution in [-0.2, 0) is 4.79 Å².